The zero-order chi connectivity index (χ0) is 10.7. The van der Waals surface area contributed by atoms with Crippen molar-refractivity contribution in [2.75, 3.05) is 5.43 Å². The zero-order valence-corrected chi connectivity index (χ0v) is 9.46. The highest BCUT2D eigenvalue weighted by Gasteiger charge is 1.97. The molecule has 0 fully saturated rings. The summed E-state index contributed by atoms with van der Waals surface area (Å²) in [5.74, 6) is 0. The maximum Gasteiger partial charge on any atom is 0.0565 e. The minimum Gasteiger partial charge on any atom is -0.322 e. The molecular weight excluding hydrogens is 231 g/mol. The van der Waals surface area contributed by atoms with Crippen LogP contribution in [-0.4, -0.2) is 4.68 Å². The second-order valence-electron chi connectivity index (χ2n) is 3.20. The average Bonchev–Trinajstić information content (AvgIpc) is 2.65. The highest BCUT2D eigenvalue weighted by atomic mass is 35.5. The third kappa shape index (κ3) is 2.91. The summed E-state index contributed by atoms with van der Waals surface area (Å²) < 4.78 is 1.88. The molecule has 0 aliphatic heterocycles. The third-order valence-corrected chi connectivity index (χ3v) is 2.43. The molecule has 0 amide bonds. The molecule has 0 unspecified atom stereocenters. The first-order chi connectivity index (χ1) is 7.24. The van der Waals surface area contributed by atoms with Crippen LogP contribution in [-0.2, 0) is 6.54 Å². The average molecular weight is 241 g/mol. The second kappa shape index (κ2) is 4.60. The molecule has 0 radical (unpaired) electrons. The van der Waals surface area contributed by atoms with Crippen LogP contribution in [0.3, 0.4) is 0 Å². The minimum absolute atomic E-state index is 0.659. The van der Waals surface area contributed by atoms with Crippen LogP contribution in [0.15, 0.2) is 42.7 Å². The molecule has 1 aromatic carbocycles. The molecular formula is C11H10Cl2N2. The fourth-order valence-electron chi connectivity index (χ4n) is 1.34. The quantitative estimate of drug-likeness (QED) is 0.869. The van der Waals surface area contributed by atoms with E-state index in [1.54, 1.807) is 6.07 Å². The molecule has 0 atom stereocenters. The first kappa shape index (κ1) is 10.4. The Labute approximate surface area is 98.4 Å². The molecule has 2 rings (SSSR count). The van der Waals surface area contributed by atoms with Gasteiger partial charge in [-0.05, 0) is 35.9 Å². The van der Waals surface area contributed by atoms with Crippen molar-refractivity contribution in [3.05, 3.63) is 58.3 Å². The Morgan fingerprint density at radius 1 is 1.00 bits per heavy atom. The van der Waals surface area contributed by atoms with Crippen LogP contribution in [0.5, 0.6) is 0 Å². The van der Waals surface area contributed by atoms with E-state index < -0.39 is 0 Å². The van der Waals surface area contributed by atoms with Crippen molar-refractivity contribution < 1.29 is 0 Å². The Kier molecular flexibility index (Phi) is 3.19. The van der Waals surface area contributed by atoms with Crippen molar-refractivity contribution in [3.63, 3.8) is 0 Å². The van der Waals surface area contributed by atoms with Crippen LogP contribution in [0.2, 0.25) is 10.0 Å². The molecule has 15 heavy (non-hydrogen) atoms. The van der Waals surface area contributed by atoms with Gasteiger partial charge in [0.05, 0.1) is 6.54 Å². The second-order valence-corrected chi connectivity index (χ2v) is 4.08. The summed E-state index contributed by atoms with van der Waals surface area (Å²) in [6.07, 6.45) is 3.87. The summed E-state index contributed by atoms with van der Waals surface area (Å²) in [4.78, 5) is 0. The van der Waals surface area contributed by atoms with E-state index in [0.29, 0.717) is 16.6 Å². The van der Waals surface area contributed by atoms with Gasteiger partial charge in [-0.25, -0.2) is 0 Å². The predicted octanol–water partition coefficient (Wildman–Crippen LogP) is 3.54. The summed E-state index contributed by atoms with van der Waals surface area (Å²) in [6.45, 7) is 0.689. The molecule has 1 aromatic heterocycles. The fourth-order valence-corrected chi connectivity index (χ4v) is 1.91. The van der Waals surface area contributed by atoms with E-state index in [-0.39, 0.29) is 0 Å². The molecule has 78 valence electrons. The van der Waals surface area contributed by atoms with Gasteiger partial charge in [-0.3, -0.25) is 4.68 Å². The maximum atomic E-state index is 5.89. The Morgan fingerprint density at radius 3 is 2.20 bits per heavy atom. The first-order valence-corrected chi connectivity index (χ1v) is 5.31. The lowest BCUT2D eigenvalue weighted by molar-refractivity contribution is 0.847. The van der Waals surface area contributed by atoms with Crippen molar-refractivity contribution in [2.24, 2.45) is 0 Å². The smallest absolute Gasteiger partial charge is 0.0565 e. The number of aromatic nitrogens is 1. The van der Waals surface area contributed by atoms with E-state index in [1.165, 1.54) is 0 Å². The number of nitrogens with one attached hydrogen (secondary N) is 1. The van der Waals surface area contributed by atoms with E-state index in [0.717, 1.165) is 5.56 Å². The molecule has 2 nitrogen and oxygen atoms in total. The van der Waals surface area contributed by atoms with E-state index in [2.05, 4.69) is 5.43 Å². The molecule has 4 heteroatoms. The maximum absolute atomic E-state index is 5.89. The fraction of sp³-hybridized carbons (Fsp3) is 0.0909. The van der Waals surface area contributed by atoms with Crippen LogP contribution >= 0.6 is 23.2 Å². The number of benzene rings is 1. The minimum atomic E-state index is 0.659. The monoisotopic (exact) mass is 240 g/mol. The number of halogens is 2. The SMILES string of the molecule is Clc1cc(Cl)cc(CNn2cccc2)c1. The van der Waals surface area contributed by atoms with Gasteiger partial charge in [0.2, 0.25) is 0 Å². The Hall–Kier alpha value is -1.12. The number of hydrogen-bond donors (Lipinski definition) is 1. The molecule has 2 aromatic rings. The van der Waals surface area contributed by atoms with Gasteiger partial charge in [-0.15, -0.1) is 0 Å². The largest absolute Gasteiger partial charge is 0.322 e. The highest BCUT2D eigenvalue weighted by molar-refractivity contribution is 6.34. The van der Waals surface area contributed by atoms with Crippen LogP contribution in [0, 0.1) is 0 Å². The molecule has 0 aliphatic carbocycles. The van der Waals surface area contributed by atoms with E-state index in [9.17, 15) is 0 Å². The predicted molar refractivity (Wildman–Crippen MR) is 64.0 cm³/mol. The van der Waals surface area contributed by atoms with Crippen molar-refractivity contribution in [2.45, 2.75) is 6.54 Å². The van der Waals surface area contributed by atoms with Gasteiger partial charge in [-0.2, -0.15) is 0 Å². The molecule has 0 saturated carbocycles. The molecule has 1 heterocycles. The summed E-state index contributed by atoms with van der Waals surface area (Å²) >= 11 is 11.8. The molecule has 0 saturated heterocycles. The van der Waals surface area contributed by atoms with Gasteiger partial charge in [0, 0.05) is 22.4 Å². The summed E-state index contributed by atoms with van der Waals surface area (Å²) in [6, 6.07) is 9.42. The lowest BCUT2D eigenvalue weighted by Crippen LogP contribution is -2.11. The van der Waals surface area contributed by atoms with Gasteiger partial charge in [0.15, 0.2) is 0 Å². The molecule has 0 spiro atoms. The van der Waals surface area contributed by atoms with Gasteiger partial charge >= 0.3 is 0 Å². The van der Waals surface area contributed by atoms with Crippen molar-refractivity contribution >= 4 is 23.2 Å². The summed E-state index contributed by atoms with van der Waals surface area (Å²) in [5, 5.41) is 1.32. The first-order valence-electron chi connectivity index (χ1n) is 4.56. The third-order valence-electron chi connectivity index (χ3n) is 1.99. The van der Waals surface area contributed by atoms with Gasteiger partial charge in [0.25, 0.3) is 0 Å². The Bertz CT molecular complexity index is 418. The van der Waals surface area contributed by atoms with Crippen LogP contribution in [0.4, 0.5) is 0 Å². The summed E-state index contributed by atoms with van der Waals surface area (Å²) in [5.41, 5.74) is 4.25. The Morgan fingerprint density at radius 2 is 1.60 bits per heavy atom. The van der Waals surface area contributed by atoms with E-state index in [4.69, 9.17) is 23.2 Å². The van der Waals surface area contributed by atoms with E-state index >= 15 is 0 Å². The van der Waals surface area contributed by atoms with Gasteiger partial charge in [-0.1, -0.05) is 23.2 Å². The van der Waals surface area contributed by atoms with Crippen LogP contribution in [0.1, 0.15) is 5.56 Å². The van der Waals surface area contributed by atoms with Crippen molar-refractivity contribution in [3.8, 4) is 0 Å². The van der Waals surface area contributed by atoms with Crippen molar-refractivity contribution in [1.29, 1.82) is 0 Å². The zero-order valence-electron chi connectivity index (χ0n) is 7.95. The van der Waals surface area contributed by atoms with Gasteiger partial charge in [0.1, 0.15) is 0 Å². The standard InChI is InChI=1S/C11H10Cl2N2/c12-10-5-9(6-11(13)7-10)8-14-15-3-1-2-4-15/h1-7,14H,8H2. The molecule has 0 bridgehead atoms. The molecule has 1 N–H and O–H groups in total. The number of nitrogens with zero attached hydrogens (tertiary/aromatic N) is 1. The van der Waals surface area contributed by atoms with Gasteiger partial charge < -0.3 is 5.43 Å². The molecule has 0 aliphatic rings. The summed E-state index contributed by atoms with van der Waals surface area (Å²) in [7, 11) is 0. The van der Waals surface area contributed by atoms with Crippen molar-refractivity contribution in [1.82, 2.24) is 4.68 Å². The lowest BCUT2D eigenvalue weighted by Gasteiger charge is -2.08. The number of hydrogen-bond acceptors (Lipinski definition) is 1. The Balaban J connectivity index is 2.05. The van der Waals surface area contributed by atoms with Crippen LogP contribution < -0.4 is 5.43 Å². The van der Waals surface area contributed by atoms with Crippen LogP contribution in [0.25, 0.3) is 0 Å². The van der Waals surface area contributed by atoms with E-state index in [1.807, 2.05) is 41.3 Å². The topological polar surface area (TPSA) is 17.0 Å². The lowest BCUT2D eigenvalue weighted by atomic mass is 10.2. The normalized spacial score (nSPS) is 10.3. The number of rotatable bonds is 3. The highest BCUT2D eigenvalue weighted by Crippen LogP contribution is 2.18.